The molecule has 0 bridgehead atoms. The van der Waals surface area contributed by atoms with Crippen molar-refractivity contribution in [1.29, 1.82) is 0 Å². The molecule has 0 aliphatic heterocycles. The van der Waals surface area contributed by atoms with Gasteiger partial charge in [0.2, 0.25) is 0 Å². The maximum absolute atomic E-state index is 11.4. The monoisotopic (exact) mass is 342 g/mol. The molecule has 0 aromatic heterocycles. The highest BCUT2D eigenvalue weighted by Crippen LogP contribution is 2.21. The van der Waals surface area contributed by atoms with Gasteiger partial charge in [0.15, 0.2) is 0 Å². The summed E-state index contributed by atoms with van der Waals surface area (Å²) < 4.78 is 31.8. The molecule has 12 heteroatoms. The van der Waals surface area contributed by atoms with Crippen LogP contribution < -0.4 is 11.1 Å². The standard InChI is InChI=1S/C10H18N2O9S/c11-4-2-1-3-6(8(15)16)12-10(9(17)18,5-7(13)14)22(19,20)21/h6,12H,1-5,11H2,(H,13,14)(H,15,16)(H,17,18)(H,19,20,21)/t6-,10?/m0/s1. The number of hydrogen-bond donors (Lipinski definition) is 6. The lowest BCUT2D eigenvalue weighted by Crippen LogP contribution is -2.63. The first kappa shape index (κ1) is 20.2. The van der Waals surface area contributed by atoms with E-state index >= 15 is 0 Å². The van der Waals surface area contributed by atoms with Crippen LogP contribution in [-0.2, 0) is 24.5 Å². The van der Waals surface area contributed by atoms with E-state index in [2.05, 4.69) is 0 Å². The number of hydrogen-bond acceptors (Lipinski definition) is 7. The molecule has 0 saturated carbocycles. The van der Waals surface area contributed by atoms with Gasteiger partial charge in [0.1, 0.15) is 6.04 Å². The minimum Gasteiger partial charge on any atom is -0.481 e. The molecule has 22 heavy (non-hydrogen) atoms. The Bertz CT molecular complexity index is 533. The van der Waals surface area contributed by atoms with Crippen molar-refractivity contribution in [3.63, 3.8) is 0 Å². The molecule has 2 atom stereocenters. The molecule has 0 saturated heterocycles. The molecular weight excluding hydrogens is 324 g/mol. The second-order valence-corrected chi connectivity index (χ2v) is 6.14. The SMILES string of the molecule is NCCCC[C@H](NC(CC(=O)O)(C(=O)O)S(=O)(=O)O)C(=O)O. The Hall–Kier alpha value is -1.76. The van der Waals surface area contributed by atoms with Crippen LogP contribution in [0, 0.1) is 0 Å². The van der Waals surface area contributed by atoms with Gasteiger partial charge in [-0.3, -0.25) is 19.5 Å². The number of carboxylic acids is 3. The largest absolute Gasteiger partial charge is 0.481 e. The summed E-state index contributed by atoms with van der Waals surface area (Å²) in [6.45, 7) is 0.240. The van der Waals surface area contributed by atoms with E-state index in [-0.39, 0.29) is 19.4 Å². The lowest BCUT2D eigenvalue weighted by atomic mass is 10.1. The first-order valence-corrected chi connectivity index (χ1v) is 7.54. The molecule has 0 aromatic rings. The van der Waals surface area contributed by atoms with Crippen molar-refractivity contribution >= 4 is 28.0 Å². The second-order valence-electron chi connectivity index (χ2n) is 4.50. The van der Waals surface area contributed by atoms with Crippen molar-refractivity contribution < 1.29 is 42.7 Å². The molecule has 11 nitrogen and oxygen atoms in total. The Labute approximate surface area is 125 Å². The van der Waals surface area contributed by atoms with E-state index in [1.807, 2.05) is 0 Å². The number of carbonyl (C=O) groups is 3. The maximum Gasteiger partial charge on any atom is 0.343 e. The van der Waals surface area contributed by atoms with Crippen molar-refractivity contribution in [3.05, 3.63) is 0 Å². The molecule has 0 aromatic carbocycles. The highest BCUT2D eigenvalue weighted by Gasteiger charge is 2.54. The van der Waals surface area contributed by atoms with Crippen LogP contribution in [0.2, 0.25) is 0 Å². The summed E-state index contributed by atoms with van der Waals surface area (Å²) in [6, 6.07) is -1.69. The Morgan fingerprint density at radius 2 is 1.68 bits per heavy atom. The van der Waals surface area contributed by atoms with E-state index in [0.717, 1.165) is 0 Å². The van der Waals surface area contributed by atoms with Crippen LogP contribution in [0.1, 0.15) is 25.7 Å². The van der Waals surface area contributed by atoms with Crippen LogP contribution in [0.25, 0.3) is 0 Å². The van der Waals surface area contributed by atoms with Crippen molar-refractivity contribution in [2.24, 2.45) is 5.73 Å². The van der Waals surface area contributed by atoms with Crippen LogP contribution in [0.15, 0.2) is 0 Å². The molecule has 0 heterocycles. The molecule has 1 unspecified atom stereocenters. The van der Waals surface area contributed by atoms with Gasteiger partial charge in [-0.2, -0.15) is 8.42 Å². The molecule has 128 valence electrons. The predicted octanol–water partition coefficient (Wildman–Crippen LogP) is -1.70. The summed E-state index contributed by atoms with van der Waals surface area (Å²) in [6.07, 6.45) is -1.12. The second kappa shape index (κ2) is 8.03. The zero-order chi connectivity index (χ0) is 17.6. The highest BCUT2D eigenvalue weighted by atomic mass is 32.2. The van der Waals surface area contributed by atoms with Crippen LogP contribution >= 0.6 is 0 Å². The highest BCUT2D eigenvalue weighted by molar-refractivity contribution is 7.88. The third kappa shape index (κ3) is 5.22. The fraction of sp³-hybridized carbons (Fsp3) is 0.700. The molecule has 0 rings (SSSR count). The normalized spacial score (nSPS) is 15.7. The lowest BCUT2D eigenvalue weighted by Gasteiger charge is -2.29. The van der Waals surface area contributed by atoms with Gasteiger partial charge in [0.25, 0.3) is 15.0 Å². The summed E-state index contributed by atoms with van der Waals surface area (Å²) in [5, 5.41) is 28.5. The van der Waals surface area contributed by atoms with Crippen molar-refractivity contribution in [2.75, 3.05) is 6.54 Å². The van der Waals surface area contributed by atoms with Gasteiger partial charge in [-0.05, 0) is 19.4 Å². The van der Waals surface area contributed by atoms with E-state index < -0.39 is 45.4 Å². The quantitative estimate of drug-likeness (QED) is 0.184. The number of unbranched alkanes of at least 4 members (excludes halogenated alkanes) is 1. The first-order valence-electron chi connectivity index (χ1n) is 6.10. The summed E-state index contributed by atoms with van der Waals surface area (Å²) in [5.41, 5.74) is 5.23. The van der Waals surface area contributed by atoms with Gasteiger partial charge in [0.05, 0.1) is 6.42 Å². The van der Waals surface area contributed by atoms with Crippen molar-refractivity contribution in [2.45, 2.75) is 36.6 Å². The Morgan fingerprint density at radius 1 is 1.14 bits per heavy atom. The van der Waals surface area contributed by atoms with E-state index in [9.17, 15) is 22.8 Å². The summed E-state index contributed by atoms with van der Waals surface area (Å²) in [7, 11) is -5.46. The van der Waals surface area contributed by atoms with E-state index in [0.29, 0.717) is 6.42 Å². The molecule has 0 radical (unpaired) electrons. The van der Waals surface area contributed by atoms with E-state index in [4.69, 9.17) is 25.6 Å². The molecule has 7 N–H and O–H groups in total. The third-order valence-corrected chi connectivity index (χ3v) is 4.16. The molecule has 0 amide bonds. The van der Waals surface area contributed by atoms with Crippen LogP contribution in [0.3, 0.4) is 0 Å². The Morgan fingerprint density at radius 3 is 2.00 bits per heavy atom. The average Bonchev–Trinajstić information content (AvgIpc) is 2.33. The van der Waals surface area contributed by atoms with Gasteiger partial charge in [0, 0.05) is 0 Å². The van der Waals surface area contributed by atoms with Gasteiger partial charge in [-0.15, -0.1) is 0 Å². The topological polar surface area (TPSA) is 204 Å². The molecular formula is C10H18N2O9S. The lowest BCUT2D eigenvalue weighted by molar-refractivity contribution is -0.149. The molecule has 0 aliphatic rings. The summed E-state index contributed by atoms with van der Waals surface area (Å²) in [5.74, 6) is -5.65. The summed E-state index contributed by atoms with van der Waals surface area (Å²) >= 11 is 0. The average molecular weight is 342 g/mol. The van der Waals surface area contributed by atoms with Gasteiger partial charge >= 0.3 is 17.9 Å². The smallest absolute Gasteiger partial charge is 0.343 e. The number of nitrogens with one attached hydrogen (secondary N) is 1. The zero-order valence-corrected chi connectivity index (χ0v) is 12.2. The van der Waals surface area contributed by atoms with Crippen LogP contribution in [-0.4, -0.2) is 63.7 Å². The molecule has 0 fully saturated rings. The van der Waals surface area contributed by atoms with Crippen LogP contribution in [0.4, 0.5) is 0 Å². The van der Waals surface area contributed by atoms with Gasteiger partial charge in [-0.1, -0.05) is 6.42 Å². The predicted molar refractivity (Wildman–Crippen MR) is 71.6 cm³/mol. The number of aliphatic carboxylic acids is 3. The van der Waals surface area contributed by atoms with Gasteiger partial charge in [-0.25, -0.2) is 4.79 Å². The minimum absolute atomic E-state index is 0.198. The Kier molecular flexibility index (Phi) is 7.38. The fourth-order valence-corrected chi connectivity index (χ4v) is 2.53. The van der Waals surface area contributed by atoms with E-state index in [1.165, 1.54) is 0 Å². The Balaban J connectivity index is 5.62. The number of rotatable bonds is 11. The van der Waals surface area contributed by atoms with Crippen molar-refractivity contribution in [3.8, 4) is 0 Å². The first-order chi connectivity index (χ1) is 9.98. The zero-order valence-electron chi connectivity index (χ0n) is 11.4. The number of carboxylic acid groups (broad SMARTS) is 3. The van der Waals surface area contributed by atoms with Crippen LogP contribution in [0.5, 0.6) is 0 Å². The number of nitrogens with two attached hydrogens (primary N) is 1. The molecule has 0 aliphatic carbocycles. The van der Waals surface area contributed by atoms with Gasteiger partial charge < -0.3 is 21.1 Å². The van der Waals surface area contributed by atoms with E-state index in [1.54, 1.807) is 5.32 Å². The fourth-order valence-electron chi connectivity index (χ4n) is 1.71. The minimum atomic E-state index is -5.46. The molecule has 0 spiro atoms. The maximum atomic E-state index is 11.4. The third-order valence-electron chi connectivity index (χ3n) is 2.84. The van der Waals surface area contributed by atoms with Crippen molar-refractivity contribution in [1.82, 2.24) is 5.32 Å². The summed E-state index contributed by atoms with van der Waals surface area (Å²) in [4.78, 5) is 29.7.